The van der Waals surface area contributed by atoms with Gasteiger partial charge in [0.25, 0.3) is 0 Å². The number of carboxylic acid groups (broad SMARTS) is 1. The summed E-state index contributed by atoms with van der Waals surface area (Å²) in [6, 6.07) is 4.24. The first-order valence-corrected chi connectivity index (χ1v) is 6.73. The third kappa shape index (κ3) is 2.29. The molecule has 0 atom stereocenters. The van der Waals surface area contributed by atoms with Gasteiger partial charge in [0.1, 0.15) is 0 Å². The number of rotatable bonds is 4. The topological polar surface area (TPSA) is 37.3 Å². The molecule has 0 aromatic carbocycles. The SMILES string of the molecule is Cc1ccc(CCC2(C(=O)O)CCCC2)s1. The molecule has 1 heterocycles. The van der Waals surface area contributed by atoms with Crippen molar-refractivity contribution in [2.45, 2.75) is 45.4 Å². The predicted octanol–water partition coefficient (Wildman–Crippen LogP) is 3.63. The first-order valence-electron chi connectivity index (χ1n) is 5.91. The summed E-state index contributed by atoms with van der Waals surface area (Å²) in [5.41, 5.74) is -0.419. The van der Waals surface area contributed by atoms with Gasteiger partial charge in [0, 0.05) is 9.75 Å². The lowest BCUT2D eigenvalue weighted by Crippen LogP contribution is -2.28. The van der Waals surface area contributed by atoms with Crippen molar-refractivity contribution >= 4 is 17.3 Å². The van der Waals surface area contributed by atoms with E-state index < -0.39 is 11.4 Å². The molecule has 0 amide bonds. The zero-order valence-electron chi connectivity index (χ0n) is 9.66. The molecule has 16 heavy (non-hydrogen) atoms. The van der Waals surface area contributed by atoms with Crippen molar-refractivity contribution in [1.82, 2.24) is 0 Å². The van der Waals surface area contributed by atoms with Crippen molar-refractivity contribution in [2.75, 3.05) is 0 Å². The summed E-state index contributed by atoms with van der Waals surface area (Å²) in [5, 5.41) is 9.35. The van der Waals surface area contributed by atoms with Crippen LogP contribution < -0.4 is 0 Å². The Kier molecular flexibility index (Phi) is 3.33. The quantitative estimate of drug-likeness (QED) is 0.869. The highest BCUT2D eigenvalue weighted by atomic mass is 32.1. The summed E-state index contributed by atoms with van der Waals surface area (Å²) in [7, 11) is 0. The van der Waals surface area contributed by atoms with Gasteiger partial charge in [0.15, 0.2) is 0 Å². The van der Waals surface area contributed by atoms with E-state index in [4.69, 9.17) is 0 Å². The second-order valence-corrected chi connectivity index (χ2v) is 6.18. The van der Waals surface area contributed by atoms with Crippen LogP contribution in [0.25, 0.3) is 0 Å². The summed E-state index contributed by atoms with van der Waals surface area (Å²) >= 11 is 1.79. The van der Waals surface area contributed by atoms with E-state index in [9.17, 15) is 9.90 Å². The molecule has 0 radical (unpaired) electrons. The third-order valence-electron chi connectivity index (χ3n) is 3.66. The minimum atomic E-state index is -0.585. The Morgan fingerprint density at radius 1 is 1.44 bits per heavy atom. The highest BCUT2D eigenvalue weighted by Gasteiger charge is 2.40. The molecule has 0 spiro atoms. The van der Waals surface area contributed by atoms with Crippen LogP contribution in [0.4, 0.5) is 0 Å². The van der Waals surface area contributed by atoms with Crippen molar-refractivity contribution in [1.29, 1.82) is 0 Å². The number of carbonyl (C=O) groups is 1. The lowest BCUT2D eigenvalue weighted by Gasteiger charge is -2.23. The Hall–Kier alpha value is -0.830. The number of aryl methyl sites for hydroxylation is 2. The highest BCUT2D eigenvalue weighted by molar-refractivity contribution is 7.11. The van der Waals surface area contributed by atoms with Crippen LogP contribution >= 0.6 is 11.3 Å². The molecule has 0 saturated heterocycles. The van der Waals surface area contributed by atoms with Crippen LogP contribution in [0.3, 0.4) is 0 Å². The van der Waals surface area contributed by atoms with Crippen molar-refractivity contribution < 1.29 is 9.90 Å². The van der Waals surface area contributed by atoms with Crippen LogP contribution in [-0.4, -0.2) is 11.1 Å². The Balaban J connectivity index is 1.99. The van der Waals surface area contributed by atoms with Gasteiger partial charge in [0.05, 0.1) is 5.41 Å². The maximum absolute atomic E-state index is 11.4. The molecule has 1 aliphatic rings. The molecule has 1 N–H and O–H groups in total. The maximum Gasteiger partial charge on any atom is 0.309 e. The van der Waals surface area contributed by atoms with Crippen LogP contribution in [0.15, 0.2) is 12.1 Å². The largest absolute Gasteiger partial charge is 0.481 e. The van der Waals surface area contributed by atoms with E-state index in [1.54, 1.807) is 11.3 Å². The van der Waals surface area contributed by atoms with Crippen molar-refractivity contribution in [3.05, 3.63) is 21.9 Å². The minimum Gasteiger partial charge on any atom is -0.481 e. The molecule has 0 bridgehead atoms. The van der Waals surface area contributed by atoms with Gasteiger partial charge < -0.3 is 5.11 Å². The fraction of sp³-hybridized carbons (Fsp3) is 0.615. The van der Waals surface area contributed by atoms with E-state index in [0.717, 1.165) is 38.5 Å². The zero-order chi connectivity index (χ0) is 11.6. The number of hydrogen-bond donors (Lipinski definition) is 1. The summed E-state index contributed by atoms with van der Waals surface area (Å²) < 4.78 is 0. The van der Waals surface area contributed by atoms with Crippen molar-refractivity contribution in [2.24, 2.45) is 5.41 Å². The van der Waals surface area contributed by atoms with E-state index in [1.165, 1.54) is 9.75 Å². The van der Waals surface area contributed by atoms with Crippen LogP contribution in [-0.2, 0) is 11.2 Å². The van der Waals surface area contributed by atoms with Gasteiger partial charge in [-0.05, 0) is 44.7 Å². The third-order valence-corrected chi connectivity index (χ3v) is 4.72. The molecular formula is C13H18O2S. The average molecular weight is 238 g/mol. The van der Waals surface area contributed by atoms with Gasteiger partial charge >= 0.3 is 5.97 Å². The molecule has 0 unspecified atom stereocenters. The first-order chi connectivity index (χ1) is 7.62. The molecule has 2 rings (SSSR count). The Morgan fingerprint density at radius 3 is 2.62 bits per heavy atom. The maximum atomic E-state index is 11.4. The highest BCUT2D eigenvalue weighted by Crippen LogP contribution is 2.42. The van der Waals surface area contributed by atoms with Gasteiger partial charge in [-0.25, -0.2) is 0 Å². The van der Waals surface area contributed by atoms with Crippen LogP contribution in [0.2, 0.25) is 0 Å². The summed E-state index contributed by atoms with van der Waals surface area (Å²) in [6.45, 7) is 2.09. The van der Waals surface area contributed by atoms with E-state index in [1.807, 2.05) is 0 Å². The minimum absolute atomic E-state index is 0.419. The number of carboxylic acids is 1. The van der Waals surface area contributed by atoms with Crippen molar-refractivity contribution in [3.8, 4) is 0 Å². The molecule has 88 valence electrons. The van der Waals surface area contributed by atoms with Crippen LogP contribution in [0.1, 0.15) is 41.9 Å². The normalized spacial score (nSPS) is 18.8. The van der Waals surface area contributed by atoms with Gasteiger partial charge in [0.2, 0.25) is 0 Å². The second kappa shape index (κ2) is 4.58. The van der Waals surface area contributed by atoms with Gasteiger partial charge in [-0.3, -0.25) is 4.79 Å². The lowest BCUT2D eigenvalue weighted by molar-refractivity contribution is -0.149. The standard InChI is InChI=1S/C13H18O2S/c1-10-4-5-11(16-10)6-9-13(12(14)15)7-2-3-8-13/h4-5H,2-3,6-9H2,1H3,(H,14,15). The molecule has 1 aromatic heterocycles. The molecule has 1 aliphatic carbocycles. The molecule has 3 heteroatoms. The Bertz CT molecular complexity index is 375. The Labute approximate surface area is 100 Å². The fourth-order valence-electron chi connectivity index (χ4n) is 2.60. The second-order valence-electron chi connectivity index (χ2n) is 4.80. The predicted molar refractivity (Wildman–Crippen MR) is 65.9 cm³/mol. The van der Waals surface area contributed by atoms with Crippen molar-refractivity contribution in [3.63, 3.8) is 0 Å². The number of hydrogen-bond acceptors (Lipinski definition) is 2. The summed E-state index contributed by atoms with van der Waals surface area (Å²) in [4.78, 5) is 14.0. The van der Waals surface area contributed by atoms with E-state index >= 15 is 0 Å². The monoisotopic (exact) mass is 238 g/mol. The first kappa shape index (κ1) is 11.6. The Morgan fingerprint density at radius 2 is 2.12 bits per heavy atom. The zero-order valence-corrected chi connectivity index (χ0v) is 10.5. The van der Waals surface area contributed by atoms with E-state index in [0.29, 0.717) is 0 Å². The molecule has 0 aliphatic heterocycles. The fourth-order valence-corrected chi connectivity index (χ4v) is 3.49. The molecule has 1 fully saturated rings. The van der Waals surface area contributed by atoms with Crippen LogP contribution in [0.5, 0.6) is 0 Å². The molecule has 1 saturated carbocycles. The van der Waals surface area contributed by atoms with Crippen LogP contribution in [0, 0.1) is 12.3 Å². The van der Waals surface area contributed by atoms with Gasteiger partial charge in [-0.15, -0.1) is 11.3 Å². The lowest BCUT2D eigenvalue weighted by atomic mass is 9.81. The molecule has 1 aromatic rings. The molecular weight excluding hydrogens is 220 g/mol. The number of thiophene rings is 1. The summed E-state index contributed by atoms with van der Waals surface area (Å²) in [6.07, 6.45) is 5.62. The van der Waals surface area contributed by atoms with Gasteiger partial charge in [-0.1, -0.05) is 12.8 Å². The smallest absolute Gasteiger partial charge is 0.309 e. The van der Waals surface area contributed by atoms with E-state index in [2.05, 4.69) is 19.1 Å². The molecule has 2 nitrogen and oxygen atoms in total. The number of aliphatic carboxylic acids is 1. The summed E-state index contributed by atoms with van der Waals surface area (Å²) in [5.74, 6) is -0.585. The average Bonchev–Trinajstić information content (AvgIpc) is 2.84. The van der Waals surface area contributed by atoms with Gasteiger partial charge in [-0.2, -0.15) is 0 Å². The van der Waals surface area contributed by atoms with E-state index in [-0.39, 0.29) is 0 Å².